The number of benzene rings is 2. The van der Waals surface area contributed by atoms with Crippen molar-refractivity contribution < 1.29 is 13.2 Å². The van der Waals surface area contributed by atoms with E-state index in [4.69, 9.17) is 4.55 Å². The zero-order chi connectivity index (χ0) is 17.1. The van der Waals surface area contributed by atoms with E-state index in [2.05, 4.69) is 10.2 Å². The summed E-state index contributed by atoms with van der Waals surface area (Å²) < 4.78 is 32.9. The maximum atomic E-state index is 13.1. The van der Waals surface area contributed by atoms with Gasteiger partial charge in [-0.2, -0.15) is 5.10 Å². The Bertz CT molecular complexity index is 937. The first-order valence-electron chi connectivity index (χ1n) is 7.05. The van der Waals surface area contributed by atoms with E-state index in [0.29, 0.717) is 22.3 Å². The molecule has 0 aliphatic rings. The standard InChI is InChI=1S/C17H13FN2O3S/c18-14-7-5-13(6-8-14)16-15(9-19-20-17(16)21)12-3-1-11(2-4-12)10-24(22)23/h1-9H,10H2,(H,20,21)(H,22,23). The summed E-state index contributed by atoms with van der Waals surface area (Å²) in [7, 11) is 0. The number of halogens is 1. The highest BCUT2D eigenvalue weighted by Crippen LogP contribution is 2.28. The van der Waals surface area contributed by atoms with E-state index in [1.54, 1.807) is 24.3 Å². The number of nitrogens with zero attached hydrogens (tertiary/aromatic N) is 1. The van der Waals surface area contributed by atoms with E-state index in [1.807, 2.05) is 0 Å². The molecule has 0 radical (unpaired) electrons. The van der Waals surface area contributed by atoms with E-state index in [1.165, 1.54) is 30.5 Å². The van der Waals surface area contributed by atoms with Crippen molar-refractivity contribution in [3.8, 4) is 22.3 Å². The van der Waals surface area contributed by atoms with Gasteiger partial charge in [0.2, 0.25) is 0 Å². The smallest absolute Gasteiger partial charge is 0.272 e. The number of H-pyrrole nitrogens is 1. The number of hydrogen-bond donors (Lipinski definition) is 2. The largest absolute Gasteiger partial charge is 0.306 e. The highest BCUT2D eigenvalue weighted by molar-refractivity contribution is 7.78. The highest BCUT2D eigenvalue weighted by Gasteiger charge is 2.12. The van der Waals surface area contributed by atoms with Gasteiger partial charge in [0, 0.05) is 5.56 Å². The van der Waals surface area contributed by atoms with Gasteiger partial charge < -0.3 is 4.55 Å². The molecule has 0 amide bonds. The fourth-order valence-corrected chi connectivity index (χ4v) is 2.92. The van der Waals surface area contributed by atoms with Crippen LogP contribution in [0.4, 0.5) is 4.39 Å². The third-order valence-corrected chi connectivity index (χ3v) is 4.12. The normalized spacial score (nSPS) is 12.1. The van der Waals surface area contributed by atoms with Crippen LogP contribution in [0.1, 0.15) is 5.56 Å². The first-order chi connectivity index (χ1) is 11.5. The van der Waals surface area contributed by atoms with Gasteiger partial charge in [-0.15, -0.1) is 0 Å². The van der Waals surface area contributed by atoms with Crippen molar-refractivity contribution >= 4 is 11.1 Å². The summed E-state index contributed by atoms with van der Waals surface area (Å²) in [5.74, 6) is -0.342. The second kappa shape index (κ2) is 6.86. The molecule has 1 unspecified atom stereocenters. The van der Waals surface area contributed by atoms with E-state index in [9.17, 15) is 13.4 Å². The topological polar surface area (TPSA) is 83.0 Å². The lowest BCUT2D eigenvalue weighted by atomic mass is 9.97. The Balaban J connectivity index is 2.08. The monoisotopic (exact) mass is 344 g/mol. The predicted molar refractivity (Wildman–Crippen MR) is 90.2 cm³/mol. The molecular weight excluding hydrogens is 331 g/mol. The van der Waals surface area contributed by atoms with Crippen LogP contribution in [0.2, 0.25) is 0 Å². The second-order valence-corrected chi connectivity index (χ2v) is 6.09. The van der Waals surface area contributed by atoms with Gasteiger partial charge in [-0.25, -0.2) is 13.7 Å². The molecule has 0 aliphatic carbocycles. The van der Waals surface area contributed by atoms with Crippen LogP contribution < -0.4 is 5.56 Å². The van der Waals surface area contributed by atoms with Crippen LogP contribution in [0.3, 0.4) is 0 Å². The molecule has 1 atom stereocenters. The number of rotatable bonds is 4. The first kappa shape index (κ1) is 16.2. The lowest BCUT2D eigenvalue weighted by Crippen LogP contribution is -2.12. The number of hydrogen-bond acceptors (Lipinski definition) is 3. The van der Waals surface area contributed by atoms with E-state index < -0.39 is 11.1 Å². The Labute approximate surface area is 139 Å². The molecule has 3 aromatic rings. The quantitative estimate of drug-likeness (QED) is 0.713. The van der Waals surface area contributed by atoms with Crippen LogP contribution in [0, 0.1) is 5.82 Å². The van der Waals surface area contributed by atoms with Crippen LogP contribution in [0.25, 0.3) is 22.3 Å². The zero-order valence-corrected chi connectivity index (χ0v) is 13.2. The Morgan fingerprint density at radius 1 is 1.04 bits per heavy atom. The molecule has 0 saturated carbocycles. The molecule has 0 saturated heterocycles. The van der Waals surface area contributed by atoms with Crippen molar-refractivity contribution in [2.75, 3.05) is 0 Å². The molecule has 0 fully saturated rings. The molecule has 2 aromatic carbocycles. The lowest BCUT2D eigenvalue weighted by Gasteiger charge is -2.09. The van der Waals surface area contributed by atoms with Crippen LogP contribution in [-0.4, -0.2) is 19.0 Å². The highest BCUT2D eigenvalue weighted by atomic mass is 32.2. The van der Waals surface area contributed by atoms with Crippen molar-refractivity contribution in [2.24, 2.45) is 0 Å². The number of aromatic nitrogens is 2. The molecular formula is C17H13FN2O3S. The number of aromatic amines is 1. The molecule has 5 nitrogen and oxygen atoms in total. The van der Waals surface area contributed by atoms with Gasteiger partial charge in [0.25, 0.3) is 5.56 Å². The third kappa shape index (κ3) is 3.47. The van der Waals surface area contributed by atoms with Crippen LogP contribution in [-0.2, 0) is 16.8 Å². The van der Waals surface area contributed by atoms with Gasteiger partial charge in [-0.3, -0.25) is 4.79 Å². The Kier molecular flexibility index (Phi) is 4.64. The molecule has 1 aromatic heterocycles. The van der Waals surface area contributed by atoms with Crippen molar-refractivity contribution in [3.05, 3.63) is 76.5 Å². The Hall–Kier alpha value is -2.64. The summed E-state index contributed by atoms with van der Waals surface area (Å²) in [5, 5.41) is 6.22. The van der Waals surface area contributed by atoms with Crippen molar-refractivity contribution in [3.63, 3.8) is 0 Å². The molecule has 7 heteroatoms. The first-order valence-corrected chi connectivity index (χ1v) is 8.32. The minimum absolute atomic E-state index is 0.0404. The predicted octanol–water partition coefficient (Wildman–Crippen LogP) is 2.96. The zero-order valence-electron chi connectivity index (χ0n) is 12.4. The molecule has 0 bridgehead atoms. The van der Waals surface area contributed by atoms with Crippen LogP contribution >= 0.6 is 0 Å². The summed E-state index contributed by atoms with van der Waals surface area (Å²) in [6.45, 7) is 0. The van der Waals surface area contributed by atoms with E-state index in [0.717, 1.165) is 5.56 Å². The van der Waals surface area contributed by atoms with Crippen molar-refractivity contribution in [2.45, 2.75) is 5.75 Å². The van der Waals surface area contributed by atoms with E-state index in [-0.39, 0.29) is 17.1 Å². The maximum Gasteiger partial charge on any atom is 0.272 e. The molecule has 0 aliphatic heterocycles. The van der Waals surface area contributed by atoms with Gasteiger partial charge in [-0.05, 0) is 28.8 Å². The van der Waals surface area contributed by atoms with Gasteiger partial charge in [0.05, 0.1) is 17.5 Å². The average molecular weight is 344 g/mol. The minimum Gasteiger partial charge on any atom is -0.306 e. The fourth-order valence-electron chi connectivity index (χ4n) is 2.44. The SMILES string of the molecule is O=c1[nH]ncc(-c2ccc(CS(=O)O)cc2)c1-c1ccc(F)cc1. The molecule has 3 rings (SSSR count). The van der Waals surface area contributed by atoms with Gasteiger partial charge >= 0.3 is 0 Å². The van der Waals surface area contributed by atoms with Crippen LogP contribution in [0.15, 0.2) is 59.5 Å². The van der Waals surface area contributed by atoms with Crippen molar-refractivity contribution in [1.29, 1.82) is 0 Å². The Morgan fingerprint density at radius 2 is 1.67 bits per heavy atom. The summed E-state index contributed by atoms with van der Waals surface area (Å²) >= 11 is -1.91. The third-order valence-electron chi connectivity index (χ3n) is 3.54. The van der Waals surface area contributed by atoms with Crippen LogP contribution in [0.5, 0.6) is 0 Å². The van der Waals surface area contributed by atoms with Gasteiger partial charge in [0.1, 0.15) is 5.82 Å². The second-order valence-electron chi connectivity index (χ2n) is 5.16. The molecule has 0 spiro atoms. The molecule has 24 heavy (non-hydrogen) atoms. The molecule has 1 heterocycles. The lowest BCUT2D eigenvalue weighted by molar-refractivity contribution is 0.563. The summed E-state index contributed by atoms with van der Waals surface area (Å²) in [4.78, 5) is 12.2. The van der Waals surface area contributed by atoms with E-state index >= 15 is 0 Å². The summed E-state index contributed by atoms with van der Waals surface area (Å²) in [6, 6.07) is 12.6. The summed E-state index contributed by atoms with van der Waals surface area (Å²) in [5.41, 5.74) is 2.64. The number of nitrogens with one attached hydrogen (secondary N) is 1. The Morgan fingerprint density at radius 3 is 2.29 bits per heavy atom. The average Bonchev–Trinajstić information content (AvgIpc) is 2.56. The van der Waals surface area contributed by atoms with Gasteiger partial charge in [0.15, 0.2) is 11.1 Å². The maximum absolute atomic E-state index is 13.1. The minimum atomic E-state index is -1.91. The summed E-state index contributed by atoms with van der Waals surface area (Å²) in [6.07, 6.45) is 1.53. The molecule has 122 valence electrons. The molecule has 2 N–H and O–H groups in total. The van der Waals surface area contributed by atoms with Crippen molar-refractivity contribution in [1.82, 2.24) is 10.2 Å². The fraction of sp³-hybridized carbons (Fsp3) is 0.0588. The van der Waals surface area contributed by atoms with Gasteiger partial charge in [-0.1, -0.05) is 36.4 Å².